The third-order valence-electron chi connectivity index (χ3n) is 5.53. The number of nitrogens with one attached hydrogen (secondary N) is 2. The quantitative estimate of drug-likeness (QED) is 0.574. The number of carbonyl (C=O) groups excluding carboxylic acids is 3. The van der Waals surface area contributed by atoms with Crippen molar-refractivity contribution in [3.8, 4) is 0 Å². The predicted octanol–water partition coefficient (Wildman–Crippen LogP) is 4.80. The van der Waals surface area contributed by atoms with Crippen molar-refractivity contribution in [3.63, 3.8) is 0 Å². The van der Waals surface area contributed by atoms with Crippen LogP contribution >= 0.6 is 0 Å². The van der Waals surface area contributed by atoms with Gasteiger partial charge in [0.15, 0.2) is 5.78 Å². The second-order valence-corrected chi connectivity index (χ2v) is 7.85. The van der Waals surface area contributed by atoms with Gasteiger partial charge < -0.3 is 15.5 Å². The third-order valence-corrected chi connectivity index (χ3v) is 5.53. The molecule has 0 radical (unpaired) electrons. The summed E-state index contributed by atoms with van der Waals surface area (Å²) < 4.78 is 0. The first-order valence-electron chi connectivity index (χ1n) is 10.7. The first kappa shape index (κ1) is 21.3. The predicted molar refractivity (Wildman–Crippen MR) is 125 cm³/mol. The molecule has 3 amide bonds. The number of nitrogens with zero attached hydrogens (tertiary/aromatic N) is 1. The highest BCUT2D eigenvalue weighted by atomic mass is 16.2. The molecule has 1 heterocycles. The summed E-state index contributed by atoms with van der Waals surface area (Å²) in [6.07, 6.45) is 1.47. The van der Waals surface area contributed by atoms with Crippen LogP contribution in [0.2, 0.25) is 0 Å². The third kappa shape index (κ3) is 5.21. The Morgan fingerprint density at radius 2 is 1.41 bits per heavy atom. The molecule has 4 rings (SSSR count). The average Bonchev–Trinajstić information content (AvgIpc) is 2.85. The lowest BCUT2D eigenvalue weighted by Gasteiger charge is -2.32. The maximum absolute atomic E-state index is 12.9. The highest BCUT2D eigenvalue weighted by molar-refractivity contribution is 6.09. The number of hydrogen-bond donors (Lipinski definition) is 2. The van der Waals surface area contributed by atoms with Crippen LogP contribution in [0.25, 0.3) is 0 Å². The Morgan fingerprint density at radius 1 is 0.750 bits per heavy atom. The molecule has 3 aromatic carbocycles. The van der Waals surface area contributed by atoms with E-state index in [4.69, 9.17) is 0 Å². The summed E-state index contributed by atoms with van der Waals surface area (Å²) in [5.74, 6) is -0.548. The standard InChI is InChI=1S/C26H25N3O3/c30-24(19-9-3-1-4-10-19)20-11-7-15-23(17-20)27-25(31)21-12-8-16-29(18-21)26(32)28-22-13-5-2-6-14-22/h1-7,9-11,13-15,17,21H,8,12,16,18H2,(H,27,31)(H,28,32). The van der Waals surface area contributed by atoms with E-state index in [1.54, 1.807) is 41.3 Å². The number of ketones is 1. The molecule has 3 aromatic rings. The van der Waals surface area contributed by atoms with Gasteiger partial charge in [-0.05, 0) is 37.1 Å². The number of rotatable bonds is 5. The van der Waals surface area contributed by atoms with Gasteiger partial charge >= 0.3 is 6.03 Å². The summed E-state index contributed by atoms with van der Waals surface area (Å²) in [5, 5.41) is 5.79. The van der Waals surface area contributed by atoms with E-state index in [0.29, 0.717) is 36.3 Å². The summed E-state index contributed by atoms with van der Waals surface area (Å²) in [4.78, 5) is 39.9. The van der Waals surface area contributed by atoms with Crippen LogP contribution in [0, 0.1) is 5.92 Å². The van der Waals surface area contributed by atoms with Gasteiger partial charge in [-0.3, -0.25) is 9.59 Å². The second kappa shape index (κ2) is 9.92. The molecule has 6 nitrogen and oxygen atoms in total. The first-order chi connectivity index (χ1) is 15.6. The van der Waals surface area contributed by atoms with Crippen molar-refractivity contribution in [2.45, 2.75) is 12.8 Å². The van der Waals surface area contributed by atoms with Crippen molar-refractivity contribution in [1.82, 2.24) is 4.90 Å². The second-order valence-electron chi connectivity index (χ2n) is 7.85. The molecule has 1 fully saturated rings. The molecule has 32 heavy (non-hydrogen) atoms. The lowest BCUT2D eigenvalue weighted by molar-refractivity contribution is -0.121. The molecule has 0 spiro atoms. The van der Waals surface area contributed by atoms with Gasteiger partial charge in [-0.15, -0.1) is 0 Å². The lowest BCUT2D eigenvalue weighted by Crippen LogP contribution is -2.45. The minimum Gasteiger partial charge on any atom is -0.326 e. The number of benzene rings is 3. The number of hydrogen-bond acceptors (Lipinski definition) is 3. The van der Waals surface area contributed by atoms with Gasteiger partial charge in [-0.2, -0.15) is 0 Å². The largest absolute Gasteiger partial charge is 0.326 e. The van der Waals surface area contributed by atoms with Crippen LogP contribution in [0.1, 0.15) is 28.8 Å². The fourth-order valence-corrected chi connectivity index (χ4v) is 3.84. The van der Waals surface area contributed by atoms with E-state index in [2.05, 4.69) is 10.6 Å². The van der Waals surface area contributed by atoms with Crippen LogP contribution in [0.15, 0.2) is 84.9 Å². The number of anilines is 2. The molecule has 2 N–H and O–H groups in total. The van der Waals surface area contributed by atoms with Crippen LogP contribution in [-0.2, 0) is 4.79 Å². The summed E-state index contributed by atoms with van der Waals surface area (Å²) in [6.45, 7) is 0.969. The van der Waals surface area contributed by atoms with Crippen LogP contribution < -0.4 is 10.6 Å². The Morgan fingerprint density at radius 3 is 2.16 bits per heavy atom. The zero-order chi connectivity index (χ0) is 22.3. The smallest absolute Gasteiger partial charge is 0.321 e. The van der Waals surface area contributed by atoms with E-state index >= 15 is 0 Å². The van der Waals surface area contributed by atoms with E-state index in [1.165, 1.54) is 0 Å². The van der Waals surface area contributed by atoms with Gasteiger partial charge in [-0.1, -0.05) is 60.7 Å². The molecule has 1 unspecified atom stereocenters. The average molecular weight is 428 g/mol. The minimum atomic E-state index is -0.307. The van der Waals surface area contributed by atoms with Gasteiger partial charge in [0.25, 0.3) is 0 Å². The SMILES string of the molecule is O=C(c1ccccc1)c1cccc(NC(=O)C2CCCN(C(=O)Nc3ccccc3)C2)c1. The van der Waals surface area contributed by atoms with Crippen molar-refractivity contribution >= 4 is 29.1 Å². The molecule has 0 bridgehead atoms. The Hall–Kier alpha value is -3.93. The van der Waals surface area contributed by atoms with E-state index in [9.17, 15) is 14.4 Å². The number of para-hydroxylation sites is 1. The van der Waals surface area contributed by atoms with Gasteiger partial charge in [0, 0.05) is 35.6 Å². The molecular formula is C26H25N3O3. The van der Waals surface area contributed by atoms with E-state index in [1.807, 2.05) is 48.5 Å². The number of carbonyl (C=O) groups is 3. The van der Waals surface area contributed by atoms with Crippen molar-refractivity contribution in [3.05, 3.63) is 96.1 Å². The van der Waals surface area contributed by atoms with Gasteiger partial charge in [0.05, 0.1) is 5.92 Å². The summed E-state index contributed by atoms with van der Waals surface area (Å²) >= 11 is 0. The highest BCUT2D eigenvalue weighted by Gasteiger charge is 2.28. The van der Waals surface area contributed by atoms with Crippen LogP contribution in [-0.4, -0.2) is 35.7 Å². The molecule has 6 heteroatoms. The number of amides is 3. The minimum absolute atomic E-state index is 0.0943. The molecule has 0 aromatic heterocycles. The molecule has 1 aliphatic heterocycles. The zero-order valence-electron chi connectivity index (χ0n) is 17.7. The van der Waals surface area contributed by atoms with Gasteiger partial charge in [0.2, 0.25) is 5.91 Å². The van der Waals surface area contributed by atoms with E-state index < -0.39 is 0 Å². The lowest BCUT2D eigenvalue weighted by atomic mass is 9.97. The Kier molecular flexibility index (Phi) is 6.60. The Balaban J connectivity index is 1.38. The molecule has 1 aliphatic rings. The molecular weight excluding hydrogens is 402 g/mol. The highest BCUT2D eigenvalue weighted by Crippen LogP contribution is 2.21. The monoisotopic (exact) mass is 427 g/mol. The molecule has 0 aliphatic carbocycles. The van der Waals surface area contributed by atoms with E-state index in [-0.39, 0.29) is 23.6 Å². The number of piperidine rings is 1. The topological polar surface area (TPSA) is 78.5 Å². The fraction of sp³-hybridized carbons (Fsp3) is 0.192. The van der Waals surface area contributed by atoms with Crippen LogP contribution in [0.3, 0.4) is 0 Å². The van der Waals surface area contributed by atoms with E-state index in [0.717, 1.165) is 12.1 Å². The first-order valence-corrected chi connectivity index (χ1v) is 10.7. The molecule has 1 saturated heterocycles. The van der Waals surface area contributed by atoms with Gasteiger partial charge in [0.1, 0.15) is 0 Å². The zero-order valence-corrected chi connectivity index (χ0v) is 17.7. The van der Waals surface area contributed by atoms with Crippen LogP contribution in [0.4, 0.5) is 16.2 Å². The van der Waals surface area contributed by atoms with Crippen molar-refractivity contribution in [2.24, 2.45) is 5.92 Å². The molecule has 162 valence electrons. The maximum atomic E-state index is 12.9. The van der Waals surface area contributed by atoms with Gasteiger partial charge in [-0.25, -0.2) is 4.79 Å². The van der Waals surface area contributed by atoms with Crippen molar-refractivity contribution in [1.29, 1.82) is 0 Å². The molecule has 1 atom stereocenters. The normalized spacial score (nSPS) is 15.6. The summed E-state index contributed by atoms with van der Waals surface area (Å²) in [7, 11) is 0. The van der Waals surface area contributed by atoms with Crippen molar-refractivity contribution < 1.29 is 14.4 Å². The Labute approximate surface area is 187 Å². The Bertz CT molecular complexity index is 1100. The fourth-order valence-electron chi connectivity index (χ4n) is 3.84. The number of urea groups is 1. The number of likely N-dealkylation sites (tertiary alicyclic amines) is 1. The summed E-state index contributed by atoms with van der Waals surface area (Å²) in [5.41, 5.74) is 2.41. The maximum Gasteiger partial charge on any atom is 0.321 e. The summed E-state index contributed by atoms with van der Waals surface area (Å²) in [6, 6.07) is 25.1. The van der Waals surface area contributed by atoms with Crippen LogP contribution in [0.5, 0.6) is 0 Å². The molecule has 0 saturated carbocycles. The van der Waals surface area contributed by atoms with Crippen molar-refractivity contribution in [2.75, 3.05) is 23.7 Å².